The van der Waals surface area contributed by atoms with Crippen molar-refractivity contribution in [1.82, 2.24) is 0 Å². The molecule has 0 aliphatic heterocycles. The van der Waals surface area contributed by atoms with Gasteiger partial charge in [0.2, 0.25) is 0 Å². The molecule has 4 nitrogen and oxygen atoms in total. The fourth-order valence-electron chi connectivity index (χ4n) is 2.07. The zero-order valence-electron chi connectivity index (χ0n) is 13.4. The number of ether oxygens (including phenoxy) is 1. The van der Waals surface area contributed by atoms with Gasteiger partial charge in [0.25, 0.3) is 0 Å². The van der Waals surface area contributed by atoms with Crippen molar-refractivity contribution < 1.29 is 19.4 Å². The second-order valence-corrected chi connectivity index (χ2v) is 5.70. The third kappa shape index (κ3) is 4.46. The predicted molar refractivity (Wildman–Crippen MR) is 93.8 cm³/mol. The normalized spacial score (nSPS) is 10.8. The number of halogens is 1. The number of benzene rings is 2. The lowest BCUT2D eigenvalue weighted by atomic mass is 10.0. The fourth-order valence-corrected chi connectivity index (χ4v) is 2.25. The Morgan fingerprint density at radius 1 is 1.21 bits per heavy atom. The summed E-state index contributed by atoms with van der Waals surface area (Å²) in [4.78, 5) is 24.1. The van der Waals surface area contributed by atoms with E-state index in [1.165, 1.54) is 19.3 Å². The minimum Gasteiger partial charge on any atom is -0.504 e. The van der Waals surface area contributed by atoms with E-state index < -0.39 is 0 Å². The molecule has 0 heterocycles. The Balaban J connectivity index is 2.04. The zero-order valence-corrected chi connectivity index (χ0v) is 14.1. The Hall–Kier alpha value is -2.59. The van der Waals surface area contributed by atoms with E-state index in [2.05, 4.69) is 0 Å². The number of Topliss-reactive ketones (excluding diaryl/α,β-unsaturated/α-hetero) is 1. The first kappa shape index (κ1) is 17.8. The van der Waals surface area contributed by atoms with Gasteiger partial charge in [0.05, 0.1) is 13.5 Å². The highest BCUT2D eigenvalue weighted by Gasteiger charge is 2.11. The molecule has 1 N–H and O–H groups in total. The van der Waals surface area contributed by atoms with Crippen LogP contribution in [0, 0.1) is 6.92 Å². The molecule has 0 amide bonds. The molecule has 0 aliphatic rings. The van der Waals surface area contributed by atoms with Gasteiger partial charge in [0.15, 0.2) is 23.1 Å². The lowest BCUT2D eigenvalue weighted by molar-refractivity contribution is -0.113. The quantitative estimate of drug-likeness (QED) is 0.484. The highest BCUT2D eigenvalue weighted by Crippen LogP contribution is 2.26. The monoisotopic (exact) mass is 344 g/mol. The first-order chi connectivity index (χ1) is 11.4. The smallest absolute Gasteiger partial charge is 0.170 e. The SMILES string of the molecule is COc1cc(/C=C/C(=O)CC(=O)c2ccc(C)c(Cl)c2)ccc1O. The van der Waals surface area contributed by atoms with Crippen molar-refractivity contribution in [2.45, 2.75) is 13.3 Å². The molecular weight excluding hydrogens is 328 g/mol. The van der Waals surface area contributed by atoms with E-state index in [9.17, 15) is 14.7 Å². The number of phenols is 1. The van der Waals surface area contributed by atoms with E-state index in [4.69, 9.17) is 16.3 Å². The van der Waals surface area contributed by atoms with Gasteiger partial charge in [-0.05, 0) is 42.3 Å². The van der Waals surface area contributed by atoms with E-state index in [1.54, 1.807) is 36.4 Å². The van der Waals surface area contributed by atoms with Crippen LogP contribution >= 0.6 is 11.6 Å². The summed E-state index contributed by atoms with van der Waals surface area (Å²) in [5, 5.41) is 10.0. The predicted octanol–water partition coefficient (Wildman–Crippen LogP) is 4.22. The average Bonchev–Trinajstić information content (AvgIpc) is 2.56. The summed E-state index contributed by atoms with van der Waals surface area (Å²) in [5.41, 5.74) is 1.98. The van der Waals surface area contributed by atoms with Gasteiger partial charge in [-0.25, -0.2) is 0 Å². The minimum absolute atomic E-state index is 0.0207. The molecule has 0 bridgehead atoms. The molecule has 0 fully saturated rings. The van der Waals surface area contributed by atoms with E-state index in [0.717, 1.165) is 5.56 Å². The second-order valence-electron chi connectivity index (χ2n) is 5.29. The molecule has 2 aromatic carbocycles. The number of carbonyl (C=O) groups excluding carboxylic acids is 2. The van der Waals surface area contributed by atoms with Gasteiger partial charge in [-0.3, -0.25) is 9.59 Å². The van der Waals surface area contributed by atoms with E-state index in [1.807, 2.05) is 6.92 Å². The van der Waals surface area contributed by atoms with Gasteiger partial charge < -0.3 is 9.84 Å². The maximum atomic E-state index is 12.1. The highest BCUT2D eigenvalue weighted by molar-refractivity contribution is 6.31. The minimum atomic E-state index is -0.316. The van der Waals surface area contributed by atoms with Gasteiger partial charge in [0.1, 0.15) is 0 Å². The molecule has 24 heavy (non-hydrogen) atoms. The Morgan fingerprint density at radius 2 is 1.96 bits per heavy atom. The van der Waals surface area contributed by atoms with Crippen LogP contribution in [0.25, 0.3) is 6.08 Å². The maximum Gasteiger partial charge on any atom is 0.170 e. The van der Waals surface area contributed by atoms with Crippen molar-refractivity contribution in [2.75, 3.05) is 7.11 Å². The molecule has 124 valence electrons. The van der Waals surface area contributed by atoms with Crippen LogP contribution < -0.4 is 4.74 Å². The molecule has 0 aromatic heterocycles. The summed E-state index contributed by atoms with van der Waals surface area (Å²) in [6, 6.07) is 9.69. The topological polar surface area (TPSA) is 63.6 Å². The number of ketones is 2. The third-order valence-electron chi connectivity index (χ3n) is 3.49. The molecule has 0 spiro atoms. The Morgan fingerprint density at radius 3 is 2.62 bits per heavy atom. The van der Waals surface area contributed by atoms with Crippen LogP contribution in [-0.2, 0) is 4.79 Å². The molecule has 0 unspecified atom stereocenters. The summed E-state index contributed by atoms with van der Waals surface area (Å²) in [5.74, 6) is -0.263. The molecule has 5 heteroatoms. The van der Waals surface area contributed by atoms with Crippen LogP contribution in [0.5, 0.6) is 11.5 Å². The van der Waals surface area contributed by atoms with Crippen molar-refractivity contribution in [2.24, 2.45) is 0 Å². The summed E-state index contributed by atoms with van der Waals surface area (Å²) < 4.78 is 5.00. The third-order valence-corrected chi connectivity index (χ3v) is 3.90. The Labute approximate surface area is 145 Å². The van der Waals surface area contributed by atoms with Crippen molar-refractivity contribution in [3.05, 3.63) is 64.2 Å². The zero-order chi connectivity index (χ0) is 17.7. The van der Waals surface area contributed by atoms with Crippen LogP contribution in [0.1, 0.15) is 27.9 Å². The number of allylic oxidation sites excluding steroid dienone is 1. The number of methoxy groups -OCH3 is 1. The van der Waals surface area contributed by atoms with E-state index in [-0.39, 0.29) is 23.7 Å². The first-order valence-corrected chi connectivity index (χ1v) is 7.66. The number of carbonyl (C=O) groups is 2. The van der Waals surface area contributed by atoms with Crippen molar-refractivity contribution >= 4 is 29.2 Å². The molecule has 0 aliphatic carbocycles. The summed E-state index contributed by atoms with van der Waals surface area (Å²) in [7, 11) is 1.44. The largest absolute Gasteiger partial charge is 0.504 e. The molecule has 0 saturated carbocycles. The van der Waals surface area contributed by atoms with Crippen LogP contribution in [0.4, 0.5) is 0 Å². The Bertz CT molecular complexity index is 809. The van der Waals surface area contributed by atoms with E-state index in [0.29, 0.717) is 21.9 Å². The van der Waals surface area contributed by atoms with Gasteiger partial charge in [-0.1, -0.05) is 35.9 Å². The number of hydrogen-bond acceptors (Lipinski definition) is 4. The maximum absolute atomic E-state index is 12.1. The van der Waals surface area contributed by atoms with Gasteiger partial charge in [0, 0.05) is 10.6 Å². The van der Waals surface area contributed by atoms with Gasteiger partial charge >= 0.3 is 0 Å². The summed E-state index contributed by atoms with van der Waals surface area (Å²) in [6.45, 7) is 1.84. The standard InChI is InChI=1S/C19H17ClO4/c1-12-3-6-14(10-16(12)20)18(23)11-15(21)7-4-13-5-8-17(22)19(9-13)24-2/h3-10,22H,11H2,1-2H3/b7-4+. The van der Waals surface area contributed by atoms with Crippen LogP contribution in [-0.4, -0.2) is 23.8 Å². The lowest BCUT2D eigenvalue weighted by Crippen LogP contribution is -2.06. The number of hydrogen-bond donors (Lipinski definition) is 1. The van der Waals surface area contributed by atoms with Crippen molar-refractivity contribution in [3.8, 4) is 11.5 Å². The summed E-state index contributed by atoms with van der Waals surface area (Å²) in [6.07, 6.45) is 2.67. The number of aryl methyl sites for hydroxylation is 1. The van der Waals surface area contributed by atoms with Crippen molar-refractivity contribution in [3.63, 3.8) is 0 Å². The fraction of sp³-hybridized carbons (Fsp3) is 0.158. The highest BCUT2D eigenvalue weighted by atomic mass is 35.5. The number of phenolic OH excluding ortho intramolecular Hbond substituents is 1. The van der Waals surface area contributed by atoms with Crippen LogP contribution in [0.3, 0.4) is 0 Å². The number of aromatic hydroxyl groups is 1. The molecular formula is C19H17ClO4. The first-order valence-electron chi connectivity index (χ1n) is 7.28. The second kappa shape index (κ2) is 7.79. The van der Waals surface area contributed by atoms with Crippen LogP contribution in [0.15, 0.2) is 42.5 Å². The molecule has 0 atom stereocenters. The molecule has 0 saturated heterocycles. The average molecular weight is 345 g/mol. The molecule has 2 aromatic rings. The number of rotatable bonds is 6. The lowest BCUT2D eigenvalue weighted by Gasteiger charge is -2.04. The molecule has 0 radical (unpaired) electrons. The van der Waals surface area contributed by atoms with Gasteiger partial charge in [-0.15, -0.1) is 0 Å². The van der Waals surface area contributed by atoms with E-state index >= 15 is 0 Å². The Kier molecular flexibility index (Phi) is 5.77. The van der Waals surface area contributed by atoms with Gasteiger partial charge in [-0.2, -0.15) is 0 Å². The van der Waals surface area contributed by atoms with Crippen molar-refractivity contribution in [1.29, 1.82) is 0 Å². The molecule has 2 rings (SSSR count). The summed E-state index contributed by atoms with van der Waals surface area (Å²) >= 11 is 5.99. The van der Waals surface area contributed by atoms with Crippen LogP contribution in [0.2, 0.25) is 5.02 Å².